The molecule has 0 aliphatic heterocycles. The van der Waals surface area contributed by atoms with Crippen LogP contribution in [-0.2, 0) is 22.5 Å². The van der Waals surface area contributed by atoms with Gasteiger partial charge in [0.2, 0.25) is 5.82 Å². The first-order valence-electron chi connectivity index (χ1n) is 12.0. The number of aryl methyl sites for hydroxylation is 3. The number of carbonyl (C=O) groups excluding carboxylic acids is 1. The third kappa shape index (κ3) is 5.85. The van der Waals surface area contributed by atoms with E-state index in [0.29, 0.717) is 30.3 Å². The molecule has 1 aromatic carbocycles. The smallest absolute Gasteiger partial charge is 0.306 e. The molecule has 0 saturated heterocycles. The highest BCUT2D eigenvalue weighted by Crippen LogP contribution is 2.28. The maximum absolute atomic E-state index is 12.1. The number of anilines is 1. The van der Waals surface area contributed by atoms with Crippen molar-refractivity contribution in [2.75, 3.05) is 18.0 Å². The average Bonchev–Trinajstić information content (AvgIpc) is 3.40. The molecule has 184 valence electrons. The number of hydrogen-bond acceptors (Lipinski definition) is 7. The zero-order valence-corrected chi connectivity index (χ0v) is 21.7. The number of aromatic nitrogens is 4. The zero-order chi connectivity index (χ0) is 25.0. The van der Waals surface area contributed by atoms with Gasteiger partial charge >= 0.3 is 5.97 Å². The molecule has 34 heavy (non-hydrogen) atoms. The molecule has 0 unspecified atom stereocenters. The number of benzene rings is 1. The number of nitrogens with zero attached hydrogens (tertiary/aromatic N) is 5. The second kappa shape index (κ2) is 10.4. The topological polar surface area (TPSA) is 86.3 Å². The van der Waals surface area contributed by atoms with Crippen LogP contribution >= 0.6 is 0 Å². The molecular formula is C26H37N5O3. The highest BCUT2D eigenvalue weighted by atomic mass is 16.6. The van der Waals surface area contributed by atoms with Crippen LogP contribution in [0.4, 0.5) is 5.82 Å². The third-order valence-electron chi connectivity index (χ3n) is 5.74. The number of carbonyl (C=O) groups is 1. The van der Waals surface area contributed by atoms with Crippen molar-refractivity contribution in [2.45, 2.75) is 80.4 Å². The summed E-state index contributed by atoms with van der Waals surface area (Å²) in [4.78, 5) is 19.0. The van der Waals surface area contributed by atoms with E-state index in [2.05, 4.69) is 40.9 Å². The van der Waals surface area contributed by atoms with Crippen molar-refractivity contribution in [2.24, 2.45) is 0 Å². The molecule has 0 fully saturated rings. The maximum Gasteiger partial charge on any atom is 0.306 e. The minimum absolute atomic E-state index is 0.186. The predicted octanol–water partition coefficient (Wildman–Crippen LogP) is 5.36. The molecular weight excluding hydrogens is 430 g/mol. The third-order valence-corrected chi connectivity index (χ3v) is 5.74. The quantitative estimate of drug-likeness (QED) is 0.392. The lowest BCUT2D eigenvalue weighted by atomic mass is 9.95. The van der Waals surface area contributed by atoms with Gasteiger partial charge < -0.3 is 14.2 Å². The van der Waals surface area contributed by atoms with Gasteiger partial charge in [0.1, 0.15) is 11.4 Å². The molecule has 0 bridgehead atoms. The SMILES string of the molecule is CCN(CC)c1cc(-c2nc(-c3cc(C)c(CCC(=O)OC(C)(C)C)c(C)c3)no2)nn1CC. The summed E-state index contributed by atoms with van der Waals surface area (Å²) in [6, 6.07) is 6.08. The van der Waals surface area contributed by atoms with Crippen LogP contribution in [0.25, 0.3) is 23.0 Å². The summed E-state index contributed by atoms with van der Waals surface area (Å²) < 4.78 is 13.0. The van der Waals surface area contributed by atoms with Crippen LogP contribution < -0.4 is 4.90 Å². The molecule has 0 aliphatic rings. The Labute approximate surface area is 202 Å². The van der Waals surface area contributed by atoms with Crippen LogP contribution in [0.1, 0.15) is 64.7 Å². The Morgan fingerprint density at radius 2 is 1.74 bits per heavy atom. The van der Waals surface area contributed by atoms with Crippen LogP contribution in [0.3, 0.4) is 0 Å². The Balaban J connectivity index is 1.81. The van der Waals surface area contributed by atoms with Crippen molar-refractivity contribution in [3.05, 3.63) is 34.9 Å². The Bertz CT molecular complexity index is 1110. The fourth-order valence-electron chi connectivity index (χ4n) is 4.13. The minimum Gasteiger partial charge on any atom is -0.460 e. The van der Waals surface area contributed by atoms with Gasteiger partial charge in [0, 0.05) is 37.7 Å². The number of rotatable bonds is 9. The number of hydrogen-bond donors (Lipinski definition) is 0. The zero-order valence-electron chi connectivity index (χ0n) is 21.7. The first kappa shape index (κ1) is 25.5. The Morgan fingerprint density at radius 1 is 1.09 bits per heavy atom. The van der Waals surface area contributed by atoms with Crippen molar-refractivity contribution >= 4 is 11.8 Å². The van der Waals surface area contributed by atoms with Crippen molar-refractivity contribution in [3.63, 3.8) is 0 Å². The molecule has 0 saturated carbocycles. The van der Waals surface area contributed by atoms with Crippen molar-refractivity contribution in [1.82, 2.24) is 19.9 Å². The first-order valence-corrected chi connectivity index (χ1v) is 12.0. The highest BCUT2D eigenvalue weighted by molar-refractivity contribution is 5.70. The van der Waals surface area contributed by atoms with Gasteiger partial charge in [0.25, 0.3) is 5.89 Å². The molecule has 2 heterocycles. The fraction of sp³-hybridized carbons (Fsp3) is 0.538. The molecule has 8 nitrogen and oxygen atoms in total. The molecule has 3 aromatic rings. The van der Waals surface area contributed by atoms with Crippen LogP contribution in [0.2, 0.25) is 0 Å². The van der Waals surface area contributed by atoms with Gasteiger partial charge in [-0.15, -0.1) is 0 Å². The molecule has 8 heteroatoms. The van der Waals surface area contributed by atoms with Gasteiger partial charge in [-0.05, 0) is 90.6 Å². The van der Waals surface area contributed by atoms with E-state index in [9.17, 15) is 4.79 Å². The molecule has 2 aromatic heterocycles. The molecule has 0 N–H and O–H groups in total. The van der Waals surface area contributed by atoms with E-state index in [-0.39, 0.29) is 5.97 Å². The summed E-state index contributed by atoms with van der Waals surface area (Å²) in [6.07, 6.45) is 0.979. The summed E-state index contributed by atoms with van der Waals surface area (Å²) in [7, 11) is 0. The van der Waals surface area contributed by atoms with Gasteiger partial charge in [-0.3, -0.25) is 4.79 Å². The van der Waals surface area contributed by atoms with E-state index in [0.717, 1.165) is 47.7 Å². The van der Waals surface area contributed by atoms with Crippen LogP contribution in [0.5, 0.6) is 0 Å². The van der Waals surface area contributed by atoms with E-state index >= 15 is 0 Å². The lowest BCUT2D eigenvalue weighted by Crippen LogP contribution is -2.24. The van der Waals surface area contributed by atoms with Gasteiger partial charge in [-0.2, -0.15) is 10.1 Å². The Morgan fingerprint density at radius 3 is 2.29 bits per heavy atom. The Hall–Kier alpha value is -3.16. The van der Waals surface area contributed by atoms with Crippen molar-refractivity contribution < 1.29 is 14.1 Å². The second-order valence-electron chi connectivity index (χ2n) is 9.47. The van der Waals surface area contributed by atoms with Crippen LogP contribution in [0.15, 0.2) is 22.7 Å². The van der Waals surface area contributed by atoms with E-state index in [4.69, 9.17) is 9.26 Å². The van der Waals surface area contributed by atoms with E-state index < -0.39 is 5.60 Å². The lowest BCUT2D eigenvalue weighted by molar-refractivity contribution is -0.154. The Kier molecular flexibility index (Phi) is 7.79. The molecule has 0 atom stereocenters. The molecule has 0 amide bonds. The van der Waals surface area contributed by atoms with E-state index in [1.807, 2.05) is 57.5 Å². The molecule has 0 aliphatic carbocycles. The summed E-state index contributed by atoms with van der Waals surface area (Å²) in [5.41, 5.74) is 4.40. The monoisotopic (exact) mass is 467 g/mol. The fourth-order valence-corrected chi connectivity index (χ4v) is 4.13. The molecule has 3 rings (SSSR count). The van der Waals surface area contributed by atoms with E-state index in [1.165, 1.54) is 0 Å². The van der Waals surface area contributed by atoms with Crippen LogP contribution in [-0.4, -0.2) is 44.6 Å². The van der Waals surface area contributed by atoms with Gasteiger partial charge in [0.05, 0.1) is 0 Å². The van der Waals surface area contributed by atoms with Gasteiger partial charge in [0.15, 0.2) is 5.69 Å². The van der Waals surface area contributed by atoms with Gasteiger partial charge in [-0.25, -0.2) is 4.68 Å². The number of ether oxygens (including phenoxy) is 1. The summed E-state index contributed by atoms with van der Waals surface area (Å²) in [5, 5.41) is 8.89. The normalized spacial score (nSPS) is 11.6. The van der Waals surface area contributed by atoms with Crippen LogP contribution in [0, 0.1) is 13.8 Å². The maximum atomic E-state index is 12.1. The summed E-state index contributed by atoms with van der Waals surface area (Å²) >= 11 is 0. The standard InChI is InChI=1S/C26H37N5O3/c1-9-30(10-2)22-16-21(28-31(22)11-3)25-27-24(29-34-25)19-14-17(4)20(18(5)15-19)12-13-23(32)33-26(6,7)8/h14-16H,9-13H2,1-8H3. The first-order chi connectivity index (χ1) is 16.1. The van der Waals surface area contributed by atoms with Gasteiger partial charge in [-0.1, -0.05) is 5.16 Å². The predicted molar refractivity (Wildman–Crippen MR) is 134 cm³/mol. The molecule has 0 spiro atoms. The average molecular weight is 468 g/mol. The minimum atomic E-state index is -0.472. The molecule has 0 radical (unpaired) electrons. The van der Waals surface area contributed by atoms with E-state index in [1.54, 1.807) is 0 Å². The van der Waals surface area contributed by atoms with Crippen molar-refractivity contribution in [3.8, 4) is 23.0 Å². The lowest BCUT2D eigenvalue weighted by Gasteiger charge is -2.20. The largest absolute Gasteiger partial charge is 0.460 e. The highest BCUT2D eigenvalue weighted by Gasteiger charge is 2.20. The van der Waals surface area contributed by atoms with Crippen molar-refractivity contribution in [1.29, 1.82) is 0 Å². The summed E-state index contributed by atoms with van der Waals surface area (Å²) in [5.74, 6) is 1.78. The summed E-state index contributed by atoms with van der Waals surface area (Å²) in [6.45, 7) is 18.6. The number of esters is 1. The second-order valence-corrected chi connectivity index (χ2v) is 9.47.